The van der Waals surface area contributed by atoms with E-state index in [9.17, 15) is 9.59 Å². The summed E-state index contributed by atoms with van der Waals surface area (Å²) in [6, 6.07) is 10.4. The Bertz CT molecular complexity index is 770. The highest BCUT2D eigenvalue weighted by atomic mass is 32.2. The van der Waals surface area contributed by atoms with E-state index in [-0.39, 0.29) is 24.1 Å². The van der Waals surface area contributed by atoms with Crippen molar-refractivity contribution in [3.8, 4) is 12.3 Å². The molecule has 0 radical (unpaired) electrons. The molecule has 0 saturated heterocycles. The van der Waals surface area contributed by atoms with Crippen molar-refractivity contribution in [3.63, 3.8) is 0 Å². The van der Waals surface area contributed by atoms with Crippen LogP contribution >= 0.6 is 11.8 Å². The van der Waals surface area contributed by atoms with Crippen molar-refractivity contribution in [2.24, 2.45) is 0 Å². The molecule has 1 unspecified atom stereocenters. The van der Waals surface area contributed by atoms with E-state index in [1.807, 2.05) is 36.6 Å². The van der Waals surface area contributed by atoms with Crippen LogP contribution in [0.1, 0.15) is 16.9 Å². The van der Waals surface area contributed by atoms with Crippen molar-refractivity contribution in [2.75, 3.05) is 18.6 Å². The molecule has 2 amide bonds. The topological polar surface area (TPSA) is 71.1 Å². The maximum Gasteiger partial charge on any atom is 0.270 e. The Morgan fingerprint density at radius 3 is 2.83 bits per heavy atom. The van der Waals surface area contributed by atoms with Crippen LogP contribution in [0.15, 0.2) is 36.4 Å². The molecule has 1 atom stereocenters. The van der Waals surface area contributed by atoms with Crippen LogP contribution in [0.4, 0.5) is 0 Å². The number of aromatic nitrogens is 1. The van der Waals surface area contributed by atoms with E-state index in [0.717, 1.165) is 16.7 Å². The lowest BCUT2D eigenvalue weighted by molar-refractivity contribution is -0.122. The van der Waals surface area contributed by atoms with Crippen molar-refractivity contribution < 1.29 is 9.59 Å². The summed E-state index contributed by atoms with van der Waals surface area (Å²) in [4.78, 5) is 28.9. The minimum Gasteiger partial charge on any atom is -0.343 e. The molecule has 0 spiro atoms. The van der Waals surface area contributed by atoms with Crippen LogP contribution < -0.4 is 10.6 Å². The van der Waals surface area contributed by atoms with Crippen LogP contribution in [0.3, 0.4) is 0 Å². The molecule has 124 valence electrons. The highest BCUT2D eigenvalue weighted by Crippen LogP contribution is 2.12. The number of terminal acetylenes is 1. The van der Waals surface area contributed by atoms with Gasteiger partial charge in [0.25, 0.3) is 5.91 Å². The summed E-state index contributed by atoms with van der Waals surface area (Å²) in [6.45, 7) is 0.138. The molecule has 0 aliphatic rings. The van der Waals surface area contributed by atoms with Gasteiger partial charge in [-0.2, -0.15) is 11.8 Å². The lowest BCUT2D eigenvalue weighted by Gasteiger charge is -2.17. The number of carbonyl (C=O) groups is 2. The molecule has 2 rings (SSSR count). The minimum absolute atomic E-state index is 0.138. The van der Waals surface area contributed by atoms with Gasteiger partial charge in [-0.05, 0) is 30.6 Å². The Morgan fingerprint density at radius 2 is 2.08 bits per heavy atom. The van der Waals surface area contributed by atoms with E-state index in [2.05, 4.69) is 21.5 Å². The van der Waals surface area contributed by atoms with Gasteiger partial charge in [-0.25, -0.2) is 4.98 Å². The highest BCUT2D eigenvalue weighted by molar-refractivity contribution is 7.98. The zero-order valence-corrected chi connectivity index (χ0v) is 14.2. The van der Waals surface area contributed by atoms with E-state index in [0.29, 0.717) is 6.42 Å². The van der Waals surface area contributed by atoms with Crippen molar-refractivity contribution in [3.05, 3.63) is 42.1 Å². The first-order chi connectivity index (χ1) is 11.7. The predicted octanol–water partition coefficient (Wildman–Crippen LogP) is 1.84. The number of carbonyl (C=O) groups excluding carboxylic acids is 2. The first-order valence-electron chi connectivity index (χ1n) is 7.52. The zero-order valence-electron chi connectivity index (χ0n) is 13.4. The van der Waals surface area contributed by atoms with Gasteiger partial charge in [0.15, 0.2) is 0 Å². The number of fused-ring (bicyclic) bond motifs is 1. The molecule has 0 aliphatic heterocycles. The van der Waals surface area contributed by atoms with Crippen LogP contribution in [0, 0.1) is 12.3 Å². The quantitative estimate of drug-likeness (QED) is 0.754. The van der Waals surface area contributed by atoms with Gasteiger partial charge in [0.05, 0.1) is 12.1 Å². The molecule has 24 heavy (non-hydrogen) atoms. The third kappa shape index (κ3) is 4.74. The zero-order chi connectivity index (χ0) is 17.4. The Morgan fingerprint density at radius 1 is 1.29 bits per heavy atom. The van der Waals surface area contributed by atoms with Crippen molar-refractivity contribution >= 4 is 34.5 Å². The summed E-state index contributed by atoms with van der Waals surface area (Å²) in [5, 5.41) is 6.31. The summed E-state index contributed by atoms with van der Waals surface area (Å²) in [6.07, 6.45) is 7.63. The normalized spacial score (nSPS) is 11.5. The van der Waals surface area contributed by atoms with E-state index >= 15 is 0 Å². The Balaban J connectivity index is 2.12. The van der Waals surface area contributed by atoms with Gasteiger partial charge >= 0.3 is 0 Å². The molecule has 2 aromatic rings. The molecule has 0 fully saturated rings. The number of thioether (sulfide) groups is 1. The Kier molecular flexibility index (Phi) is 6.64. The summed E-state index contributed by atoms with van der Waals surface area (Å²) < 4.78 is 0. The number of rotatable bonds is 7. The molecule has 6 heteroatoms. The predicted molar refractivity (Wildman–Crippen MR) is 97.8 cm³/mol. The molecule has 2 N–H and O–H groups in total. The van der Waals surface area contributed by atoms with E-state index in [1.165, 1.54) is 0 Å². The third-order valence-corrected chi connectivity index (χ3v) is 4.07. The van der Waals surface area contributed by atoms with Gasteiger partial charge in [-0.15, -0.1) is 6.42 Å². The van der Waals surface area contributed by atoms with Gasteiger partial charge in [0.2, 0.25) is 5.91 Å². The first-order valence-corrected chi connectivity index (χ1v) is 8.92. The number of benzene rings is 1. The number of nitrogens with one attached hydrogen (secondary N) is 2. The van der Waals surface area contributed by atoms with Crippen molar-refractivity contribution in [2.45, 2.75) is 12.5 Å². The smallest absolute Gasteiger partial charge is 0.270 e. The van der Waals surface area contributed by atoms with Gasteiger partial charge in [0, 0.05) is 5.39 Å². The third-order valence-electron chi connectivity index (χ3n) is 3.43. The molecule has 1 aromatic carbocycles. The molecule has 0 saturated carbocycles. The summed E-state index contributed by atoms with van der Waals surface area (Å²) in [7, 11) is 0. The van der Waals surface area contributed by atoms with Crippen LogP contribution in [0.5, 0.6) is 0 Å². The van der Waals surface area contributed by atoms with Crippen LogP contribution in [0.2, 0.25) is 0 Å². The molecule has 1 aromatic heterocycles. The fourth-order valence-corrected chi connectivity index (χ4v) is 2.66. The molecular formula is C18H19N3O2S. The highest BCUT2D eigenvalue weighted by Gasteiger charge is 2.21. The fraction of sp³-hybridized carbons (Fsp3) is 0.278. The standard InChI is InChI=1S/C18H19N3O2S/c1-3-11-19-17(22)16(10-12-24-2)21-18(23)15-9-8-13-6-4-5-7-14(13)20-15/h1,4-9,16H,10-12H2,2H3,(H,19,22)(H,21,23). The monoisotopic (exact) mass is 341 g/mol. The average molecular weight is 341 g/mol. The van der Waals surface area contributed by atoms with Crippen LogP contribution in [-0.2, 0) is 4.79 Å². The van der Waals surface area contributed by atoms with E-state index in [1.54, 1.807) is 17.8 Å². The van der Waals surface area contributed by atoms with E-state index in [4.69, 9.17) is 6.42 Å². The molecule has 5 nitrogen and oxygen atoms in total. The van der Waals surface area contributed by atoms with Crippen LogP contribution in [0.25, 0.3) is 10.9 Å². The van der Waals surface area contributed by atoms with Gasteiger partial charge in [-0.1, -0.05) is 30.2 Å². The minimum atomic E-state index is -0.633. The number of pyridine rings is 1. The second-order valence-electron chi connectivity index (χ2n) is 5.12. The Hall–Kier alpha value is -2.52. The first kappa shape index (κ1) is 17.8. The second kappa shape index (κ2) is 8.94. The van der Waals surface area contributed by atoms with Crippen molar-refractivity contribution in [1.82, 2.24) is 15.6 Å². The SMILES string of the molecule is C#CCNC(=O)C(CCSC)NC(=O)c1ccc2ccccc2n1. The largest absolute Gasteiger partial charge is 0.343 e. The number of hydrogen-bond acceptors (Lipinski definition) is 4. The van der Waals surface area contributed by atoms with Gasteiger partial charge in [0.1, 0.15) is 11.7 Å². The maximum absolute atomic E-state index is 12.4. The summed E-state index contributed by atoms with van der Waals surface area (Å²) >= 11 is 1.61. The number of nitrogens with zero attached hydrogens (tertiary/aromatic N) is 1. The van der Waals surface area contributed by atoms with E-state index < -0.39 is 6.04 Å². The molecule has 1 heterocycles. The number of para-hydroxylation sites is 1. The lowest BCUT2D eigenvalue weighted by Crippen LogP contribution is -2.47. The van der Waals surface area contributed by atoms with Gasteiger partial charge < -0.3 is 10.6 Å². The number of amides is 2. The maximum atomic E-state index is 12.4. The fourth-order valence-electron chi connectivity index (χ4n) is 2.19. The molecule has 0 aliphatic carbocycles. The summed E-state index contributed by atoms with van der Waals surface area (Å²) in [5.41, 5.74) is 1.02. The van der Waals surface area contributed by atoms with Gasteiger partial charge in [-0.3, -0.25) is 9.59 Å². The number of hydrogen-bond donors (Lipinski definition) is 2. The molecular weight excluding hydrogens is 322 g/mol. The summed E-state index contributed by atoms with van der Waals surface area (Å²) in [5.74, 6) is 2.45. The van der Waals surface area contributed by atoms with Crippen LogP contribution in [-0.4, -0.2) is 41.4 Å². The second-order valence-corrected chi connectivity index (χ2v) is 6.10. The lowest BCUT2D eigenvalue weighted by atomic mass is 10.1. The average Bonchev–Trinajstić information content (AvgIpc) is 2.62. The molecule has 0 bridgehead atoms. The van der Waals surface area contributed by atoms with Crippen molar-refractivity contribution in [1.29, 1.82) is 0 Å². The Labute approximate surface area is 145 Å².